The molecule has 2 rings (SSSR count). The van der Waals surface area contributed by atoms with Crippen molar-refractivity contribution >= 4 is 5.69 Å². The van der Waals surface area contributed by atoms with Gasteiger partial charge in [-0.05, 0) is 37.8 Å². The lowest BCUT2D eigenvalue weighted by atomic mass is 9.92. The summed E-state index contributed by atoms with van der Waals surface area (Å²) in [5.74, 6) is 0. The third-order valence-corrected chi connectivity index (χ3v) is 3.96. The Kier molecular flexibility index (Phi) is 3.93. The number of nitrogens with two attached hydrogens (primary N) is 1. The van der Waals surface area contributed by atoms with Crippen LogP contribution in [0.5, 0.6) is 0 Å². The van der Waals surface area contributed by atoms with Crippen LogP contribution in [0.1, 0.15) is 44.7 Å². The average molecular weight is 248 g/mol. The summed E-state index contributed by atoms with van der Waals surface area (Å²) < 4.78 is 0. The molecular formula is C15H24N2O. The maximum absolute atomic E-state index is 10.0. The zero-order valence-corrected chi connectivity index (χ0v) is 11.4. The van der Waals surface area contributed by atoms with Crippen molar-refractivity contribution in [2.75, 3.05) is 18.0 Å². The molecule has 0 saturated carbocycles. The van der Waals surface area contributed by atoms with E-state index < -0.39 is 5.60 Å². The molecule has 100 valence electrons. The molecule has 1 aromatic carbocycles. The largest absolute Gasteiger partial charge is 0.390 e. The number of para-hydroxylation sites is 1. The summed E-state index contributed by atoms with van der Waals surface area (Å²) in [5, 5.41) is 10.0. The highest BCUT2D eigenvalue weighted by Crippen LogP contribution is 2.31. The van der Waals surface area contributed by atoms with E-state index in [4.69, 9.17) is 5.73 Å². The first-order valence-electron chi connectivity index (χ1n) is 6.85. The number of hydrogen-bond acceptors (Lipinski definition) is 3. The highest BCUT2D eigenvalue weighted by molar-refractivity contribution is 5.55. The molecule has 18 heavy (non-hydrogen) atoms. The number of aliphatic hydroxyl groups is 1. The van der Waals surface area contributed by atoms with Crippen molar-refractivity contribution in [1.82, 2.24) is 0 Å². The van der Waals surface area contributed by atoms with Gasteiger partial charge in [-0.15, -0.1) is 0 Å². The molecule has 0 spiro atoms. The standard InChI is InChI=1S/C15H24N2O/c1-3-13(16)12-6-4-5-7-14(12)17-10-8-15(2,18)9-11-17/h4-7,13,18H,3,8-11,16H2,1-2H3. The van der Waals surface area contributed by atoms with E-state index in [0.717, 1.165) is 32.4 Å². The van der Waals surface area contributed by atoms with Gasteiger partial charge >= 0.3 is 0 Å². The summed E-state index contributed by atoms with van der Waals surface area (Å²) in [6, 6.07) is 8.48. The van der Waals surface area contributed by atoms with Crippen LogP contribution in [0.3, 0.4) is 0 Å². The summed E-state index contributed by atoms with van der Waals surface area (Å²) in [6.07, 6.45) is 2.59. The number of benzene rings is 1. The molecule has 1 saturated heterocycles. The fourth-order valence-electron chi connectivity index (χ4n) is 2.54. The van der Waals surface area contributed by atoms with Crippen molar-refractivity contribution in [3.63, 3.8) is 0 Å². The molecule has 0 aliphatic carbocycles. The van der Waals surface area contributed by atoms with Crippen molar-refractivity contribution in [2.45, 2.75) is 44.8 Å². The van der Waals surface area contributed by atoms with E-state index in [-0.39, 0.29) is 6.04 Å². The maximum Gasteiger partial charge on any atom is 0.0653 e. The van der Waals surface area contributed by atoms with Gasteiger partial charge in [0.05, 0.1) is 5.60 Å². The fraction of sp³-hybridized carbons (Fsp3) is 0.600. The maximum atomic E-state index is 10.0. The normalized spacial score (nSPS) is 20.8. The second-order valence-corrected chi connectivity index (χ2v) is 5.56. The predicted molar refractivity (Wildman–Crippen MR) is 75.7 cm³/mol. The van der Waals surface area contributed by atoms with Gasteiger partial charge in [0.25, 0.3) is 0 Å². The van der Waals surface area contributed by atoms with E-state index in [0.29, 0.717) is 0 Å². The monoisotopic (exact) mass is 248 g/mol. The first-order chi connectivity index (χ1) is 8.53. The predicted octanol–water partition coefficient (Wildman–Crippen LogP) is 2.45. The van der Waals surface area contributed by atoms with Crippen molar-refractivity contribution in [3.05, 3.63) is 29.8 Å². The van der Waals surface area contributed by atoms with E-state index in [1.54, 1.807) is 0 Å². The van der Waals surface area contributed by atoms with Crippen LogP contribution in [0.2, 0.25) is 0 Å². The second-order valence-electron chi connectivity index (χ2n) is 5.56. The molecule has 1 aliphatic rings. The molecule has 0 bridgehead atoms. The van der Waals surface area contributed by atoms with Gasteiger partial charge in [-0.1, -0.05) is 25.1 Å². The first-order valence-corrected chi connectivity index (χ1v) is 6.85. The molecule has 1 unspecified atom stereocenters. The zero-order valence-electron chi connectivity index (χ0n) is 11.4. The molecule has 1 heterocycles. The quantitative estimate of drug-likeness (QED) is 0.864. The van der Waals surface area contributed by atoms with Gasteiger partial charge in [0.15, 0.2) is 0 Å². The summed E-state index contributed by atoms with van der Waals surface area (Å²) in [5.41, 5.74) is 8.14. The molecule has 1 aromatic rings. The molecular weight excluding hydrogens is 224 g/mol. The number of nitrogens with zero attached hydrogens (tertiary/aromatic N) is 1. The van der Waals surface area contributed by atoms with Crippen LogP contribution in [-0.4, -0.2) is 23.8 Å². The highest BCUT2D eigenvalue weighted by atomic mass is 16.3. The summed E-state index contributed by atoms with van der Waals surface area (Å²) >= 11 is 0. The molecule has 0 amide bonds. The Morgan fingerprint density at radius 1 is 1.33 bits per heavy atom. The van der Waals surface area contributed by atoms with Crippen molar-refractivity contribution in [2.24, 2.45) is 5.73 Å². The molecule has 3 heteroatoms. The molecule has 0 aromatic heterocycles. The minimum absolute atomic E-state index is 0.101. The van der Waals surface area contributed by atoms with Crippen LogP contribution in [0, 0.1) is 0 Å². The number of anilines is 1. The van der Waals surface area contributed by atoms with Crippen LogP contribution in [0.25, 0.3) is 0 Å². The smallest absolute Gasteiger partial charge is 0.0653 e. The van der Waals surface area contributed by atoms with Crippen molar-refractivity contribution in [3.8, 4) is 0 Å². The Balaban J connectivity index is 2.19. The summed E-state index contributed by atoms with van der Waals surface area (Å²) in [7, 11) is 0. The highest BCUT2D eigenvalue weighted by Gasteiger charge is 2.28. The van der Waals surface area contributed by atoms with Gasteiger partial charge in [-0.2, -0.15) is 0 Å². The van der Waals surface area contributed by atoms with E-state index in [1.165, 1.54) is 11.3 Å². The Hall–Kier alpha value is -1.06. The van der Waals surface area contributed by atoms with Crippen LogP contribution >= 0.6 is 0 Å². The molecule has 1 atom stereocenters. The lowest BCUT2D eigenvalue weighted by Crippen LogP contribution is -2.43. The lowest BCUT2D eigenvalue weighted by Gasteiger charge is -2.38. The number of hydrogen-bond donors (Lipinski definition) is 2. The third kappa shape index (κ3) is 2.85. The van der Waals surface area contributed by atoms with Crippen LogP contribution in [0.15, 0.2) is 24.3 Å². The average Bonchev–Trinajstić information content (AvgIpc) is 2.38. The van der Waals surface area contributed by atoms with E-state index >= 15 is 0 Å². The van der Waals surface area contributed by atoms with Gasteiger partial charge in [0.2, 0.25) is 0 Å². The molecule has 3 nitrogen and oxygen atoms in total. The van der Waals surface area contributed by atoms with Gasteiger partial charge in [0, 0.05) is 24.8 Å². The summed E-state index contributed by atoms with van der Waals surface area (Å²) in [6.45, 7) is 5.84. The Morgan fingerprint density at radius 3 is 2.56 bits per heavy atom. The van der Waals surface area contributed by atoms with E-state index in [9.17, 15) is 5.11 Å². The summed E-state index contributed by atoms with van der Waals surface area (Å²) in [4.78, 5) is 2.35. The Morgan fingerprint density at radius 2 is 1.94 bits per heavy atom. The van der Waals surface area contributed by atoms with Crippen LogP contribution in [0.4, 0.5) is 5.69 Å². The van der Waals surface area contributed by atoms with Gasteiger partial charge in [0.1, 0.15) is 0 Å². The van der Waals surface area contributed by atoms with Gasteiger partial charge < -0.3 is 15.7 Å². The topological polar surface area (TPSA) is 49.5 Å². The second kappa shape index (κ2) is 5.29. The lowest BCUT2D eigenvalue weighted by molar-refractivity contribution is 0.0351. The van der Waals surface area contributed by atoms with E-state index in [1.807, 2.05) is 6.92 Å². The van der Waals surface area contributed by atoms with Crippen molar-refractivity contribution < 1.29 is 5.11 Å². The van der Waals surface area contributed by atoms with Gasteiger partial charge in [-0.3, -0.25) is 0 Å². The number of rotatable bonds is 3. The van der Waals surface area contributed by atoms with Crippen molar-refractivity contribution in [1.29, 1.82) is 0 Å². The first kappa shape index (κ1) is 13.4. The Labute approximate surface area is 110 Å². The van der Waals surface area contributed by atoms with Crippen LogP contribution < -0.4 is 10.6 Å². The SMILES string of the molecule is CCC(N)c1ccccc1N1CCC(C)(O)CC1. The molecule has 0 radical (unpaired) electrons. The molecule has 3 N–H and O–H groups in total. The molecule has 1 fully saturated rings. The van der Waals surface area contributed by atoms with E-state index in [2.05, 4.69) is 36.1 Å². The minimum Gasteiger partial charge on any atom is -0.390 e. The van der Waals surface area contributed by atoms with Crippen LogP contribution in [-0.2, 0) is 0 Å². The third-order valence-electron chi connectivity index (χ3n) is 3.96. The fourth-order valence-corrected chi connectivity index (χ4v) is 2.54. The molecule has 1 aliphatic heterocycles. The number of piperidine rings is 1. The Bertz CT molecular complexity index is 393. The minimum atomic E-state index is -0.502. The van der Waals surface area contributed by atoms with Gasteiger partial charge in [-0.25, -0.2) is 0 Å². The zero-order chi connectivity index (χ0) is 13.2.